The predicted molar refractivity (Wildman–Crippen MR) is 134 cm³/mol. The van der Waals surface area contributed by atoms with Gasteiger partial charge >= 0.3 is 0 Å². The average molecular weight is 667 g/mol. The van der Waals surface area contributed by atoms with Crippen molar-refractivity contribution in [2.24, 2.45) is 0 Å². The summed E-state index contributed by atoms with van der Waals surface area (Å²) in [5.74, 6) is 0. The van der Waals surface area contributed by atoms with Crippen molar-refractivity contribution in [3.63, 3.8) is 0 Å². The van der Waals surface area contributed by atoms with Crippen LogP contribution in [0.4, 0.5) is 0 Å². The third-order valence-electron chi connectivity index (χ3n) is 8.19. The van der Waals surface area contributed by atoms with Gasteiger partial charge in [0.1, 0.15) is 97.7 Å². The molecule has 4 saturated heterocycles. The zero-order valence-electron chi connectivity index (χ0n) is 23.5. The van der Waals surface area contributed by atoms with E-state index < -0.39 is 149 Å². The lowest BCUT2D eigenvalue weighted by molar-refractivity contribution is -0.400. The Kier molecular flexibility index (Phi) is 12.8. The molecule has 4 aliphatic heterocycles. The summed E-state index contributed by atoms with van der Waals surface area (Å²) in [6.45, 7) is -3.35. The molecule has 4 rings (SSSR count). The van der Waals surface area contributed by atoms with Crippen LogP contribution in [0.3, 0.4) is 0 Å². The van der Waals surface area contributed by atoms with Crippen LogP contribution >= 0.6 is 0 Å². The molecule has 0 bridgehead atoms. The molecule has 0 spiro atoms. The molecule has 0 radical (unpaired) electrons. The number of hydrogen-bond donors (Lipinski definition) is 14. The van der Waals surface area contributed by atoms with Gasteiger partial charge in [-0.1, -0.05) is 0 Å². The van der Waals surface area contributed by atoms with Gasteiger partial charge in [-0.25, -0.2) is 0 Å². The first-order valence-electron chi connectivity index (χ1n) is 14.1. The molecule has 0 saturated carbocycles. The van der Waals surface area contributed by atoms with Crippen LogP contribution in [0.5, 0.6) is 0 Å². The van der Waals surface area contributed by atoms with Crippen LogP contribution < -0.4 is 0 Å². The van der Waals surface area contributed by atoms with Crippen molar-refractivity contribution in [3.05, 3.63) is 0 Å². The van der Waals surface area contributed by atoms with E-state index in [2.05, 4.69) is 0 Å². The van der Waals surface area contributed by atoms with E-state index in [-0.39, 0.29) is 0 Å². The van der Waals surface area contributed by atoms with Gasteiger partial charge in [0.2, 0.25) is 0 Å². The molecule has 4 fully saturated rings. The molecular formula is C24H42O21. The largest absolute Gasteiger partial charge is 0.394 e. The van der Waals surface area contributed by atoms with Gasteiger partial charge in [0.25, 0.3) is 0 Å². The molecule has 4 aliphatic rings. The van der Waals surface area contributed by atoms with Gasteiger partial charge < -0.3 is 105 Å². The maximum absolute atomic E-state index is 10.8. The molecule has 0 aromatic carbocycles. The smallest absolute Gasteiger partial charge is 0.189 e. The van der Waals surface area contributed by atoms with Crippen molar-refractivity contribution in [2.45, 2.75) is 123 Å². The second-order valence-electron chi connectivity index (χ2n) is 11.1. The normalized spacial score (nSPS) is 52.9. The van der Waals surface area contributed by atoms with Crippen LogP contribution in [0.1, 0.15) is 0 Å². The fourth-order valence-corrected chi connectivity index (χ4v) is 5.47. The summed E-state index contributed by atoms with van der Waals surface area (Å²) in [7, 11) is 0. The number of hydrogen-bond acceptors (Lipinski definition) is 21. The molecule has 4 heterocycles. The summed E-state index contributed by atoms with van der Waals surface area (Å²) in [5, 5.41) is 142. The fraction of sp³-hybridized carbons (Fsp3) is 1.00. The molecule has 0 aromatic rings. The highest BCUT2D eigenvalue weighted by atomic mass is 16.8. The van der Waals surface area contributed by atoms with E-state index in [0.717, 1.165) is 0 Å². The predicted octanol–water partition coefficient (Wildman–Crippen LogP) is -9.75. The molecule has 0 amide bonds. The van der Waals surface area contributed by atoms with Crippen LogP contribution in [-0.4, -0.2) is 221 Å². The Morgan fingerprint density at radius 2 is 0.578 bits per heavy atom. The first-order valence-corrected chi connectivity index (χ1v) is 14.1. The summed E-state index contributed by atoms with van der Waals surface area (Å²) in [4.78, 5) is 0. The number of ether oxygens (including phenoxy) is 7. The molecule has 45 heavy (non-hydrogen) atoms. The highest BCUT2D eigenvalue weighted by molar-refractivity contribution is 4.97. The zero-order valence-corrected chi connectivity index (χ0v) is 23.5. The Hall–Kier alpha value is -0.840. The zero-order chi connectivity index (χ0) is 33.3. The molecule has 21 nitrogen and oxygen atoms in total. The van der Waals surface area contributed by atoms with Crippen LogP contribution in [-0.2, 0) is 33.2 Å². The minimum atomic E-state index is -2.02. The van der Waals surface area contributed by atoms with Crippen molar-refractivity contribution >= 4 is 0 Å². The van der Waals surface area contributed by atoms with Gasteiger partial charge in [-0.3, -0.25) is 0 Å². The molecule has 14 N–H and O–H groups in total. The van der Waals surface area contributed by atoms with Crippen molar-refractivity contribution < 1.29 is 105 Å². The van der Waals surface area contributed by atoms with Crippen molar-refractivity contribution in [3.8, 4) is 0 Å². The van der Waals surface area contributed by atoms with Crippen molar-refractivity contribution in [1.29, 1.82) is 0 Å². The summed E-state index contributed by atoms with van der Waals surface area (Å²) < 4.78 is 37.8. The Labute approximate surface area is 254 Å². The number of rotatable bonds is 10. The molecule has 0 aromatic heterocycles. The lowest BCUT2D eigenvalue weighted by atomic mass is 9.96. The van der Waals surface area contributed by atoms with Crippen LogP contribution in [0.25, 0.3) is 0 Å². The standard InChI is InChI=1S/C24H42O21/c25-1-5-9(29)11(31)15(35)21(39-5)43-19-7(3-27)41-23(17(37)13(19)33)45-24-18(38)14(34)20(8(4-28)42-24)44-22-16(36)12(32)10(30)6(2-26)40-22/h5-38H,1-4H2. The summed E-state index contributed by atoms with van der Waals surface area (Å²) in [6, 6.07) is 0. The summed E-state index contributed by atoms with van der Waals surface area (Å²) in [6.07, 6.45) is -35.3. The van der Waals surface area contributed by atoms with E-state index in [4.69, 9.17) is 33.2 Å². The minimum Gasteiger partial charge on any atom is -0.394 e. The molecule has 20 atom stereocenters. The van der Waals surface area contributed by atoms with Crippen molar-refractivity contribution in [2.75, 3.05) is 26.4 Å². The van der Waals surface area contributed by atoms with Crippen LogP contribution in [0, 0.1) is 0 Å². The second kappa shape index (κ2) is 15.6. The second-order valence-corrected chi connectivity index (χ2v) is 11.1. The lowest BCUT2D eigenvalue weighted by Gasteiger charge is -2.48. The molecule has 21 heteroatoms. The first-order chi connectivity index (χ1) is 21.3. The third-order valence-corrected chi connectivity index (χ3v) is 8.19. The molecule has 0 aliphatic carbocycles. The molecule has 264 valence electrons. The van der Waals surface area contributed by atoms with Gasteiger partial charge in [-0.2, -0.15) is 0 Å². The topological polar surface area (TPSA) is 348 Å². The Morgan fingerprint density at radius 3 is 0.889 bits per heavy atom. The summed E-state index contributed by atoms with van der Waals surface area (Å²) in [5.41, 5.74) is 0. The van der Waals surface area contributed by atoms with E-state index in [1.54, 1.807) is 0 Å². The average Bonchev–Trinajstić information content (AvgIpc) is 3.03. The van der Waals surface area contributed by atoms with Gasteiger partial charge in [0.15, 0.2) is 25.2 Å². The van der Waals surface area contributed by atoms with Crippen molar-refractivity contribution in [1.82, 2.24) is 0 Å². The van der Waals surface area contributed by atoms with E-state index in [1.165, 1.54) is 0 Å². The monoisotopic (exact) mass is 666 g/mol. The maximum atomic E-state index is 10.8. The van der Waals surface area contributed by atoms with Crippen LogP contribution in [0.2, 0.25) is 0 Å². The van der Waals surface area contributed by atoms with Gasteiger partial charge in [-0.05, 0) is 0 Å². The van der Waals surface area contributed by atoms with Gasteiger partial charge in [-0.15, -0.1) is 0 Å². The molecular weight excluding hydrogens is 624 g/mol. The highest BCUT2D eigenvalue weighted by Crippen LogP contribution is 2.33. The van der Waals surface area contributed by atoms with E-state index in [9.17, 15) is 71.5 Å². The third kappa shape index (κ3) is 7.44. The fourth-order valence-electron chi connectivity index (χ4n) is 5.47. The minimum absolute atomic E-state index is 0.782. The maximum Gasteiger partial charge on any atom is 0.189 e. The van der Waals surface area contributed by atoms with E-state index in [1.807, 2.05) is 0 Å². The first kappa shape index (κ1) is 37.0. The lowest BCUT2D eigenvalue weighted by Crippen LogP contribution is -2.67. The molecule has 20 unspecified atom stereocenters. The van der Waals surface area contributed by atoms with Gasteiger partial charge in [0.05, 0.1) is 26.4 Å². The quantitative estimate of drug-likeness (QED) is 0.103. The SMILES string of the molecule is OCC1OC(OC2C(CO)OC(OC3OC(CO)C(OC4OC(CO)C(O)C(O)C4O)C(O)C3O)C(O)C2O)C(O)C(O)C1O. The Morgan fingerprint density at radius 1 is 0.311 bits per heavy atom. The summed E-state index contributed by atoms with van der Waals surface area (Å²) >= 11 is 0. The van der Waals surface area contributed by atoms with Crippen LogP contribution in [0.15, 0.2) is 0 Å². The Bertz CT molecular complexity index is 840. The Balaban J connectivity index is 1.41. The van der Waals surface area contributed by atoms with E-state index in [0.29, 0.717) is 0 Å². The number of aliphatic hydroxyl groups is 14. The highest BCUT2D eigenvalue weighted by Gasteiger charge is 2.54. The van der Waals surface area contributed by atoms with E-state index >= 15 is 0 Å². The number of aliphatic hydroxyl groups excluding tert-OH is 14. The van der Waals surface area contributed by atoms with Gasteiger partial charge in [0, 0.05) is 0 Å².